The second kappa shape index (κ2) is 7.13. The van der Waals surface area contributed by atoms with E-state index in [1.807, 2.05) is 0 Å². The molecule has 0 saturated carbocycles. The predicted octanol–water partition coefficient (Wildman–Crippen LogP) is 1.69. The van der Waals surface area contributed by atoms with Gasteiger partial charge in [0.15, 0.2) is 11.2 Å². The van der Waals surface area contributed by atoms with Crippen molar-refractivity contribution in [2.45, 2.75) is 24.9 Å². The number of nitriles is 1. The molecule has 144 valence electrons. The highest BCUT2D eigenvalue weighted by Crippen LogP contribution is 2.53. The van der Waals surface area contributed by atoms with Gasteiger partial charge in [-0.2, -0.15) is 5.26 Å². The number of Topliss-reactive ketones (excluding diaryl/α,β-unsaturated/α-hetero) is 1. The molecule has 0 bridgehead atoms. The quantitative estimate of drug-likeness (QED) is 0.770. The van der Waals surface area contributed by atoms with Crippen LogP contribution in [0.3, 0.4) is 0 Å². The number of carbonyl (C=O) groups excluding carboxylic acids is 3. The summed E-state index contributed by atoms with van der Waals surface area (Å²) in [6.45, 7) is 1.39. The van der Waals surface area contributed by atoms with Gasteiger partial charge in [-0.15, -0.1) is 0 Å². The first-order valence-electron chi connectivity index (χ1n) is 8.50. The Kier molecular flexibility index (Phi) is 5.01. The van der Waals surface area contributed by atoms with E-state index in [1.54, 1.807) is 36.4 Å². The lowest BCUT2D eigenvalue weighted by molar-refractivity contribution is -0.150. The zero-order valence-corrected chi connectivity index (χ0v) is 16.0. The molecule has 2 heterocycles. The van der Waals surface area contributed by atoms with Crippen LogP contribution >= 0.6 is 11.6 Å². The number of allylic oxidation sites excluding steroid dienone is 2. The number of benzene rings is 1. The summed E-state index contributed by atoms with van der Waals surface area (Å²) < 4.78 is 4.97. The van der Waals surface area contributed by atoms with Crippen molar-refractivity contribution in [1.29, 1.82) is 5.26 Å². The van der Waals surface area contributed by atoms with E-state index in [2.05, 4.69) is 6.07 Å². The van der Waals surface area contributed by atoms with Crippen molar-refractivity contribution in [2.24, 2.45) is 11.1 Å². The van der Waals surface area contributed by atoms with Crippen molar-refractivity contribution in [3.8, 4) is 6.07 Å². The zero-order chi connectivity index (χ0) is 20.6. The number of methoxy groups -OCH3 is 1. The summed E-state index contributed by atoms with van der Waals surface area (Å²) in [6, 6.07) is 6.75. The Labute approximate surface area is 167 Å². The first-order valence-corrected chi connectivity index (χ1v) is 8.88. The molecule has 3 rings (SSSR count). The van der Waals surface area contributed by atoms with Gasteiger partial charge in [0.2, 0.25) is 5.91 Å². The average molecular weight is 400 g/mol. The molecule has 2 aliphatic rings. The number of esters is 1. The Balaban J connectivity index is 2.29. The highest BCUT2D eigenvalue weighted by molar-refractivity contribution is 6.30. The van der Waals surface area contributed by atoms with E-state index >= 15 is 0 Å². The molecule has 4 atom stereocenters. The monoisotopic (exact) mass is 399 g/mol. The number of ether oxygens (including phenoxy) is 1. The van der Waals surface area contributed by atoms with Gasteiger partial charge in [-0.3, -0.25) is 14.4 Å². The number of nitrogens with zero attached hydrogens (tertiary/aromatic N) is 2. The molecule has 8 heteroatoms. The number of nitrogens with two attached hydrogens (primary N) is 1. The van der Waals surface area contributed by atoms with Gasteiger partial charge in [-0.05, 0) is 24.6 Å². The largest absolute Gasteiger partial charge is 0.468 e. The maximum atomic E-state index is 12.9. The fraction of sp³-hybridized carbons (Fsp3) is 0.300. The topological polar surface area (TPSA) is 113 Å². The van der Waals surface area contributed by atoms with E-state index in [-0.39, 0.29) is 5.78 Å². The van der Waals surface area contributed by atoms with Gasteiger partial charge in [0.25, 0.3) is 0 Å². The van der Waals surface area contributed by atoms with Crippen LogP contribution in [0.15, 0.2) is 48.2 Å². The lowest BCUT2D eigenvalue weighted by atomic mass is 9.68. The van der Waals surface area contributed by atoms with Crippen LogP contribution in [0.5, 0.6) is 0 Å². The molecule has 1 aromatic carbocycles. The van der Waals surface area contributed by atoms with Crippen molar-refractivity contribution in [2.75, 3.05) is 7.11 Å². The number of hydrogen-bond donors (Lipinski definition) is 1. The fourth-order valence-electron chi connectivity index (χ4n) is 4.06. The summed E-state index contributed by atoms with van der Waals surface area (Å²) in [5.74, 6) is -2.64. The van der Waals surface area contributed by atoms with Crippen LogP contribution in [-0.4, -0.2) is 41.8 Å². The Hall–Kier alpha value is -3.11. The zero-order valence-electron chi connectivity index (χ0n) is 15.3. The van der Waals surface area contributed by atoms with Crippen molar-refractivity contribution < 1.29 is 19.1 Å². The van der Waals surface area contributed by atoms with Crippen LogP contribution in [0.1, 0.15) is 18.4 Å². The normalized spacial score (nSPS) is 28.1. The molecule has 0 radical (unpaired) electrons. The summed E-state index contributed by atoms with van der Waals surface area (Å²) in [7, 11) is 1.19. The third-order valence-electron chi connectivity index (χ3n) is 5.30. The van der Waals surface area contributed by atoms with Gasteiger partial charge in [-0.25, -0.2) is 0 Å². The van der Waals surface area contributed by atoms with Crippen molar-refractivity contribution in [3.05, 3.63) is 58.8 Å². The number of rotatable bonds is 4. The Bertz CT molecular complexity index is 947. The minimum Gasteiger partial charge on any atom is -0.468 e. The van der Waals surface area contributed by atoms with E-state index < -0.39 is 35.3 Å². The summed E-state index contributed by atoms with van der Waals surface area (Å²) in [5.41, 5.74) is 4.84. The van der Waals surface area contributed by atoms with Crippen LogP contribution in [0.4, 0.5) is 0 Å². The van der Waals surface area contributed by atoms with E-state index in [1.165, 1.54) is 25.1 Å². The number of amides is 1. The molecule has 1 saturated heterocycles. The lowest BCUT2D eigenvalue weighted by Crippen LogP contribution is -2.45. The van der Waals surface area contributed by atoms with Gasteiger partial charge in [0.05, 0.1) is 19.2 Å². The maximum absolute atomic E-state index is 12.9. The van der Waals surface area contributed by atoms with Crippen LogP contribution in [0.2, 0.25) is 5.02 Å². The fourth-order valence-corrected chi connectivity index (χ4v) is 4.18. The molecule has 2 aliphatic heterocycles. The summed E-state index contributed by atoms with van der Waals surface area (Å²) in [4.78, 5) is 38.7. The molecule has 1 aromatic rings. The lowest BCUT2D eigenvalue weighted by Gasteiger charge is -2.32. The molecule has 7 nitrogen and oxygen atoms in total. The molecule has 0 spiro atoms. The molecule has 2 N–H and O–H groups in total. The number of carbonyl (C=O) groups is 3. The molecule has 0 aromatic heterocycles. The number of hydrogen-bond acceptors (Lipinski definition) is 6. The summed E-state index contributed by atoms with van der Waals surface area (Å²) in [5, 5.41) is 10.6. The Morgan fingerprint density at radius 3 is 2.43 bits per heavy atom. The Morgan fingerprint density at radius 2 is 1.93 bits per heavy atom. The standard InChI is InChI=1S/C20H18ClN3O4/c1-11(25)13-5-8-15-20(10-22,19(27)28-2)16(12-3-6-14(21)7-4-12)17(18(23)26)24(15)9-13/h3-9,15-17H,1-2H3,(H2,23,26)/t15-,16-,17+,20+/m1/s1. The van der Waals surface area contributed by atoms with E-state index in [0.717, 1.165) is 0 Å². The summed E-state index contributed by atoms with van der Waals surface area (Å²) >= 11 is 5.97. The SMILES string of the molecule is COC(=O)[C@]1(C#N)[C@H](c2ccc(Cl)cc2)[C@@H](C(N)=O)N2C=C(C(C)=O)C=C[C@@H]21. The van der Waals surface area contributed by atoms with Gasteiger partial charge in [0.1, 0.15) is 6.04 Å². The number of fused-ring (bicyclic) bond motifs is 1. The molecule has 28 heavy (non-hydrogen) atoms. The van der Waals surface area contributed by atoms with Crippen molar-refractivity contribution in [1.82, 2.24) is 4.90 Å². The molecule has 0 unspecified atom stereocenters. The predicted molar refractivity (Wildman–Crippen MR) is 101 cm³/mol. The smallest absolute Gasteiger partial charge is 0.329 e. The van der Waals surface area contributed by atoms with E-state index in [4.69, 9.17) is 22.1 Å². The van der Waals surface area contributed by atoms with Crippen LogP contribution in [0.25, 0.3) is 0 Å². The molecule has 1 fully saturated rings. The summed E-state index contributed by atoms with van der Waals surface area (Å²) in [6.07, 6.45) is 4.59. The second-order valence-corrected chi connectivity index (χ2v) is 7.18. The third kappa shape index (κ3) is 2.77. The highest BCUT2D eigenvalue weighted by Gasteiger charge is 2.66. The van der Waals surface area contributed by atoms with Gasteiger partial charge < -0.3 is 15.4 Å². The van der Waals surface area contributed by atoms with Crippen molar-refractivity contribution in [3.63, 3.8) is 0 Å². The number of ketones is 1. The van der Waals surface area contributed by atoms with E-state index in [0.29, 0.717) is 16.2 Å². The second-order valence-electron chi connectivity index (χ2n) is 6.74. The third-order valence-corrected chi connectivity index (χ3v) is 5.55. The first-order chi connectivity index (χ1) is 13.3. The molecule has 0 aliphatic carbocycles. The first kappa shape index (κ1) is 19.6. The van der Waals surface area contributed by atoms with E-state index in [9.17, 15) is 19.6 Å². The average Bonchev–Trinajstić information content (AvgIpc) is 2.98. The number of halogens is 1. The van der Waals surface area contributed by atoms with Gasteiger partial charge in [0, 0.05) is 22.7 Å². The van der Waals surface area contributed by atoms with Crippen molar-refractivity contribution >= 4 is 29.3 Å². The van der Waals surface area contributed by atoms with Gasteiger partial charge >= 0.3 is 5.97 Å². The van der Waals surface area contributed by atoms with Crippen LogP contribution in [-0.2, 0) is 19.1 Å². The highest BCUT2D eigenvalue weighted by atomic mass is 35.5. The Morgan fingerprint density at radius 1 is 1.29 bits per heavy atom. The molecule has 1 amide bonds. The maximum Gasteiger partial charge on any atom is 0.329 e. The minimum atomic E-state index is -1.74. The minimum absolute atomic E-state index is 0.214. The van der Waals surface area contributed by atoms with Gasteiger partial charge in [-0.1, -0.05) is 35.9 Å². The molecular weight excluding hydrogens is 382 g/mol. The number of primary amides is 1. The van der Waals surface area contributed by atoms with Crippen LogP contribution in [0, 0.1) is 16.7 Å². The van der Waals surface area contributed by atoms with Crippen LogP contribution < -0.4 is 5.73 Å². The molecular formula is C20H18ClN3O4.